The molecule has 34 heavy (non-hydrogen) atoms. The van der Waals surface area contributed by atoms with E-state index in [9.17, 15) is 0 Å². The molecule has 3 aliphatic rings. The third-order valence-corrected chi connectivity index (χ3v) is 8.04. The third kappa shape index (κ3) is 3.26. The minimum atomic E-state index is 0.289. The number of rotatable bonds is 2. The third-order valence-electron chi connectivity index (χ3n) is 8.04. The van der Waals surface area contributed by atoms with E-state index in [0.717, 1.165) is 30.5 Å². The van der Waals surface area contributed by atoms with E-state index < -0.39 is 0 Å². The quantitative estimate of drug-likeness (QED) is 0.328. The Morgan fingerprint density at radius 2 is 1.74 bits per heavy atom. The molecule has 3 nitrogen and oxygen atoms in total. The van der Waals surface area contributed by atoms with E-state index in [1.54, 1.807) is 0 Å². The molecular formula is C31H29N3. The van der Waals surface area contributed by atoms with Gasteiger partial charge in [-0.1, -0.05) is 54.1 Å². The Morgan fingerprint density at radius 3 is 2.68 bits per heavy atom. The molecule has 0 radical (unpaired) electrons. The zero-order valence-electron chi connectivity index (χ0n) is 19.5. The molecule has 168 valence electrons. The van der Waals surface area contributed by atoms with Crippen molar-refractivity contribution in [2.75, 3.05) is 18.0 Å². The van der Waals surface area contributed by atoms with E-state index in [-0.39, 0.29) is 5.92 Å². The molecule has 1 aromatic heterocycles. The second-order valence-electron chi connectivity index (χ2n) is 10.0. The molecule has 1 unspecified atom stereocenters. The number of anilines is 1. The number of nitrogens with zero attached hydrogens (tertiary/aromatic N) is 3. The van der Waals surface area contributed by atoms with Gasteiger partial charge in [-0.2, -0.15) is 10.2 Å². The molecule has 2 heterocycles. The lowest BCUT2D eigenvalue weighted by Crippen LogP contribution is -2.29. The Morgan fingerprint density at radius 1 is 0.824 bits per heavy atom. The van der Waals surface area contributed by atoms with Crippen LogP contribution in [0.1, 0.15) is 54.8 Å². The van der Waals surface area contributed by atoms with Crippen molar-refractivity contribution in [3.8, 4) is 0 Å². The standard InChI is InChI=1S/C31H29N3/c1-6-16-34(17-7-1)23-13-15-24-21(18-23)12-14-27-25-9-3-4-10-26(25)29(20-28(24)27)31-19-22-8-2-5-11-30(22)32-33-31/h2-3,5,8-9,11-15,18-19,29H,1,4,6-7,10,16-17,20H2. The molecule has 2 aliphatic carbocycles. The first-order valence-electron chi connectivity index (χ1n) is 12.8. The molecule has 3 aromatic carbocycles. The molecule has 3 heteroatoms. The van der Waals surface area contributed by atoms with Crippen LogP contribution in [-0.2, 0) is 6.42 Å². The fourth-order valence-electron chi connectivity index (χ4n) is 6.29. The topological polar surface area (TPSA) is 29.0 Å². The van der Waals surface area contributed by atoms with Crippen molar-refractivity contribution < 1.29 is 0 Å². The van der Waals surface area contributed by atoms with Crippen LogP contribution < -0.4 is 4.90 Å². The van der Waals surface area contributed by atoms with Crippen LogP contribution in [0.4, 0.5) is 5.69 Å². The van der Waals surface area contributed by atoms with Crippen LogP contribution in [0, 0.1) is 0 Å². The average molecular weight is 444 g/mol. The van der Waals surface area contributed by atoms with Crippen molar-refractivity contribution in [1.82, 2.24) is 10.2 Å². The summed E-state index contributed by atoms with van der Waals surface area (Å²) in [4.78, 5) is 2.56. The van der Waals surface area contributed by atoms with Crippen LogP contribution in [-0.4, -0.2) is 23.3 Å². The molecule has 1 saturated heterocycles. The number of benzene rings is 3. The van der Waals surface area contributed by atoms with E-state index in [1.807, 2.05) is 12.1 Å². The van der Waals surface area contributed by atoms with Gasteiger partial charge in [0.05, 0.1) is 11.2 Å². The molecule has 1 aliphatic heterocycles. The number of fused-ring (bicyclic) bond motifs is 5. The van der Waals surface area contributed by atoms with Gasteiger partial charge in [-0.15, -0.1) is 0 Å². The highest BCUT2D eigenvalue weighted by Crippen LogP contribution is 2.46. The summed E-state index contributed by atoms with van der Waals surface area (Å²) in [5.41, 5.74) is 9.27. The van der Waals surface area contributed by atoms with Crippen molar-refractivity contribution in [3.05, 3.63) is 95.2 Å². The molecule has 0 N–H and O–H groups in total. The van der Waals surface area contributed by atoms with Crippen LogP contribution in [0.15, 0.2) is 78.4 Å². The average Bonchev–Trinajstić information content (AvgIpc) is 2.92. The molecule has 0 bridgehead atoms. The highest BCUT2D eigenvalue weighted by atomic mass is 15.1. The van der Waals surface area contributed by atoms with Gasteiger partial charge in [0.1, 0.15) is 0 Å². The monoisotopic (exact) mass is 443 g/mol. The largest absolute Gasteiger partial charge is 0.372 e. The van der Waals surface area contributed by atoms with E-state index in [0.29, 0.717) is 0 Å². The Labute approximate surface area is 200 Å². The van der Waals surface area contributed by atoms with E-state index in [1.165, 1.54) is 76.5 Å². The Bertz CT molecular complexity index is 1470. The van der Waals surface area contributed by atoms with Crippen molar-refractivity contribution >= 4 is 32.9 Å². The maximum absolute atomic E-state index is 4.73. The maximum Gasteiger partial charge on any atom is 0.0929 e. The van der Waals surface area contributed by atoms with Crippen LogP contribution >= 0.6 is 0 Å². The summed E-state index contributed by atoms with van der Waals surface area (Å²) in [5.74, 6) is 0.289. The summed E-state index contributed by atoms with van der Waals surface area (Å²) in [6.07, 6.45) is 11.9. The first-order chi connectivity index (χ1) is 16.8. The van der Waals surface area contributed by atoms with E-state index in [4.69, 9.17) is 5.10 Å². The Balaban J connectivity index is 1.36. The van der Waals surface area contributed by atoms with Gasteiger partial charge in [0, 0.05) is 30.1 Å². The minimum absolute atomic E-state index is 0.289. The van der Waals surface area contributed by atoms with Gasteiger partial charge in [-0.25, -0.2) is 0 Å². The van der Waals surface area contributed by atoms with E-state index >= 15 is 0 Å². The highest BCUT2D eigenvalue weighted by Gasteiger charge is 2.30. The second-order valence-corrected chi connectivity index (χ2v) is 10.0. The van der Waals surface area contributed by atoms with E-state index in [2.05, 4.69) is 70.7 Å². The SMILES string of the molecule is C1=CC2=C(CC1)C(c1cc3ccccc3nn1)Cc1c2ccc2cc(N3CCCCC3)ccc12. The van der Waals surface area contributed by atoms with Crippen LogP contribution in [0.3, 0.4) is 0 Å². The zero-order valence-corrected chi connectivity index (χ0v) is 19.5. The van der Waals surface area contributed by atoms with Gasteiger partial charge < -0.3 is 4.90 Å². The van der Waals surface area contributed by atoms with Gasteiger partial charge in [0.15, 0.2) is 0 Å². The molecule has 0 saturated carbocycles. The Hall–Kier alpha value is -3.46. The van der Waals surface area contributed by atoms with Crippen LogP contribution in [0.2, 0.25) is 0 Å². The maximum atomic E-state index is 4.73. The van der Waals surface area contributed by atoms with Gasteiger partial charge in [0.25, 0.3) is 0 Å². The van der Waals surface area contributed by atoms with Crippen molar-refractivity contribution in [1.29, 1.82) is 0 Å². The summed E-state index contributed by atoms with van der Waals surface area (Å²) in [6.45, 7) is 2.36. The van der Waals surface area contributed by atoms with Gasteiger partial charge in [-0.05, 0) is 90.3 Å². The fraction of sp³-hybridized carbons (Fsp3) is 0.290. The van der Waals surface area contributed by atoms with Crippen LogP contribution in [0.5, 0.6) is 0 Å². The molecule has 0 spiro atoms. The molecule has 0 amide bonds. The molecule has 4 aromatic rings. The second kappa shape index (κ2) is 8.09. The first-order valence-corrected chi connectivity index (χ1v) is 12.8. The van der Waals surface area contributed by atoms with Crippen molar-refractivity contribution in [3.63, 3.8) is 0 Å². The summed E-state index contributed by atoms with van der Waals surface area (Å²) in [6, 6.07) is 22.4. The molecule has 1 atom stereocenters. The molecule has 1 fully saturated rings. The number of piperidine rings is 1. The smallest absolute Gasteiger partial charge is 0.0929 e. The first kappa shape index (κ1) is 20.0. The van der Waals surface area contributed by atoms with Gasteiger partial charge in [-0.3, -0.25) is 0 Å². The normalized spacial score (nSPS) is 20.0. The lowest BCUT2D eigenvalue weighted by atomic mass is 9.72. The van der Waals surface area contributed by atoms with Crippen molar-refractivity contribution in [2.24, 2.45) is 0 Å². The summed E-state index contributed by atoms with van der Waals surface area (Å²) >= 11 is 0. The highest BCUT2D eigenvalue weighted by molar-refractivity contribution is 5.96. The number of allylic oxidation sites excluding steroid dienone is 4. The number of hydrogen-bond acceptors (Lipinski definition) is 3. The molecular weight excluding hydrogens is 414 g/mol. The number of hydrogen-bond donors (Lipinski definition) is 0. The predicted molar refractivity (Wildman–Crippen MR) is 141 cm³/mol. The summed E-state index contributed by atoms with van der Waals surface area (Å²) < 4.78 is 0. The predicted octanol–water partition coefficient (Wildman–Crippen LogP) is 7.22. The lowest BCUT2D eigenvalue weighted by Gasteiger charge is -2.32. The zero-order chi connectivity index (χ0) is 22.5. The van der Waals surface area contributed by atoms with Crippen molar-refractivity contribution in [2.45, 2.75) is 44.4 Å². The van der Waals surface area contributed by atoms with Gasteiger partial charge in [0.2, 0.25) is 0 Å². The minimum Gasteiger partial charge on any atom is -0.372 e. The fourth-order valence-corrected chi connectivity index (χ4v) is 6.29. The Kier molecular flexibility index (Phi) is 4.75. The summed E-state index contributed by atoms with van der Waals surface area (Å²) in [5, 5.41) is 13.2. The van der Waals surface area contributed by atoms with Gasteiger partial charge >= 0.3 is 0 Å². The summed E-state index contributed by atoms with van der Waals surface area (Å²) in [7, 11) is 0. The van der Waals surface area contributed by atoms with Crippen LogP contribution in [0.25, 0.3) is 27.2 Å². The molecule has 7 rings (SSSR count). The lowest BCUT2D eigenvalue weighted by molar-refractivity contribution is 0.578. The number of aromatic nitrogens is 2.